The van der Waals surface area contributed by atoms with Crippen molar-refractivity contribution >= 4 is 17.9 Å². The van der Waals surface area contributed by atoms with Crippen molar-refractivity contribution < 1.29 is 9.66 Å². The number of nitro groups is 1. The molecule has 0 saturated heterocycles. The Morgan fingerprint density at radius 3 is 2.75 bits per heavy atom. The average Bonchev–Trinajstić information content (AvgIpc) is 2.79. The van der Waals surface area contributed by atoms with Crippen molar-refractivity contribution in [2.24, 2.45) is 0 Å². The second-order valence-electron chi connectivity index (χ2n) is 4.46. The summed E-state index contributed by atoms with van der Waals surface area (Å²) in [5.74, 6) is 0.979. The van der Waals surface area contributed by atoms with Gasteiger partial charge in [0.15, 0.2) is 10.6 Å². The van der Waals surface area contributed by atoms with E-state index in [9.17, 15) is 10.1 Å². The van der Waals surface area contributed by atoms with E-state index in [1.54, 1.807) is 6.07 Å². The largest absolute Gasteiger partial charge is 0.496 e. The van der Waals surface area contributed by atoms with Crippen molar-refractivity contribution in [3.8, 4) is 17.1 Å². The number of methoxy groups -OCH3 is 1. The van der Waals surface area contributed by atoms with E-state index < -0.39 is 4.92 Å². The predicted octanol–water partition coefficient (Wildman–Crippen LogP) is 3.11. The van der Waals surface area contributed by atoms with E-state index in [0.29, 0.717) is 21.9 Å². The second-order valence-corrected chi connectivity index (χ2v) is 4.84. The van der Waals surface area contributed by atoms with E-state index in [2.05, 4.69) is 10.2 Å². The summed E-state index contributed by atoms with van der Waals surface area (Å²) < 4.78 is 7.56. The van der Waals surface area contributed by atoms with Crippen molar-refractivity contribution in [3.63, 3.8) is 0 Å². The molecule has 0 aliphatic carbocycles. The molecule has 0 atom stereocenters. The van der Waals surface area contributed by atoms with Crippen molar-refractivity contribution in [2.75, 3.05) is 7.11 Å². The topological polar surface area (TPSA) is 86.0 Å². The van der Waals surface area contributed by atoms with Gasteiger partial charge in [-0.2, -0.15) is 5.10 Å². The summed E-state index contributed by atoms with van der Waals surface area (Å²) in [6, 6.07) is 4.51. The van der Waals surface area contributed by atoms with Gasteiger partial charge in [0.1, 0.15) is 5.75 Å². The van der Waals surface area contributed by atoms with Gasteiger partial charge in [0.25, 0.3) is 5.69 Å². The normalized spacial score (nSPS) is 10.8. The summed E-state index contributed by atoms with van der Waals surface area (Å²) in [5, 5.41) is 17.7. The molecule has 1 heterocycles. The number of ether oxygens (including phenoxy) is 1. The van der Waals surface area contributed by atoms with E-state index in [4.69, 9.17) is 17.0 Å². The number of nitrogens with zero attached hydrogens (tertiary/aromatic N) is 3. The molecule has 0 aliphatic heterocycles. The molecule has 8 heteroatoms. The van der Waals surface area contributed by atoms with E-state index >= 15 is 0 Å². The summed E-state index contributed by atoms with van der Waals surface area (Å²) in [6.07, 6.45) is 0. The van der Waals surface area contributed by atoms with E-state index in [1.165, 1.54) is 19.2 Å². The molecule has 1 aromatic carbocycles. The molecule has 106 valence electrons. The monoisotopic (exact) mass is 294 g/mol. The third kappa shape index (κ3) is 2.42. The van der Waals surface area contributed by atoms with Crippen molar-refractivity contribution in [2.45, 2.75) is 19.9 Å². The Balaban J connectivity index is 2.64. The molecule has 0 aliphatic rings. The van der Waals surface area contributed by atoms with Gasteiger partial charge in [-0.1, -0.05) is 0 Å². The number of hydrogen-bond acceptors (Lipinski definition) is 5. The van der Waals surface area contributed by atoms with Crippen molar-refractivity contribution in [1.82, 2.24) is 14.8 Å². The van der Waals surface area contributed by atoms with Gasteiger partial charge in [-0.05, 0) is 32.1 Å². The predicted molar refractivity (Wildman–Crippen MR) is 76.4 cm³/mol. The summed E-state index contributed by atoms with van der Waals surface area (Å²) >= 11 is 5.19. The molecule has 0 fully saturated rings. The third-order valence-corrected chi connectivity index (χ3v) is 3.15. The molecule has 1 N–H and O–H groups in total. The van der Waals surface area contributed by atoms with Crippen LogP contribution in [0.1, 0.15) is 19.9 Å². The van der Waals surface area contributed by atoms with Crippen LogP contribution in [-0.4, -0.2) is 26.8 Å². The van der Waals surface area contributed by atoms with Crippen LogP contribution >= 0.6 is 12.2 Å². The summed E-state index contributed by atoms with van der Waals surface area (Å²) in [6.45, 7) is 3.96. The highest BCUT2D eigenvalue weighted by atomic mass is 32.1. The zero-order valence-electron chi connectivity index (χ0n) is 11.3. The Bertz CT molecular complexity index is 705. The average molecular weight is 294 g/mol. The minimum Gasteiger partial charge on any atom is -0.496 e. The molecule has 0 amide bonds. The van der Waals surface area contributed by atoms with Crippen LogP contribution in [0.15, 0.2) is 18.2 Å². The molecule has 0 bridgehead atoms. The summed E-state index contributed by atoms with van der Waals surface area (Å²) in [7, 11) is 1.46. The van der Waals surface area contributed by atoms with Gasteiger partial charge in [0.05, 0.1) is 23.7 Å². The second kappa shape index (κ2) is 5.41. The first-order valence-corrected chi connectivity index (χ1v) is 6.36. The van der Waals surface area contributed by atoms with Gasteiger partial charge in [-0.25, -0.2) is 0 Å². The van der Waals surface area contributed by atoms with Gasteiger partial charge in [0, 0.05) is 12.1 Å². The molecule has 0 radical (unpaired) electrons. The molecule has 20 heavy (non-hydrogen) atoms. The molecule has 1 aromatic heterocycles. The van der Waals surface area contributed by atoms with Crippen LogP contribution in [0.3, 0.4) is 0 Å². The highest BCUT2D eigenvalue weighted by Gasteiger charge is 2.18. The standard InChI is InChI=1S/C12H14N4O3S/c1-7(2)15-11(13-14-12(15)20)9-5-4-8(16(17)18)6-10(9)19-3/h4-7H,1-3H3,(H,14,20). The van der Waals surface area contributed by atoms with Crippen LogP contribution in [0.25, 0.3) is 11.4 Å². The van der Waals surface area contributed by atoms with Gasteiger partial charge < -0.3 is 4.74 Å². The van der Waals surface area contributed by atoms with Crippen LogP contribution < -0.4 is 4.74 Å². The van der Waals surface area contributed by atoms with E-state index in [-0.39, 0.29) is 11.7 Å². The Labute approximate surface area is 120 Å². The van der Waals surface area contributed by atoms with Gasteiger partial charge in [-0.3, -0.25) is 19.8 Å². The number of aromatic amines is 1. The number of nitrogens with one attached hydrogen (secondary N) is 1. The smallest absolute Gasteiger partial charge is 0.273 e. The molecule has 2 rings (SSSR count). The number of rotatable bonds is 4. The van der Waals surface area contributed by atoms with Gasteiger partial charge in [-0.15, -0.1) is 0 Å². The fraction of sp³-hybridized carbons (Fsp3) is 0.333. The zero-order valence-corrected chi connectivity index (χ0v) is 12.1. The first-order chi connectivity index (χ1) is 9.45. The van der Waals surface area contributed by atoms with Gasteiger partial charge in [0.2, 0.25) is 0 Å². The van der Waals surface area contributed by atoms with Crippen LogP contribution in [-0.2, 0) is 0 Å². The lowest BCUT2D eigenvalue weighted by atomic mass is 10.1. The fourth-order valence-electron chi connectivity index (χ4n) is 1.95. The SMILES string of the molecule is COc1cc([N+](=O)[O-])ccc1-c1n[nH]c(=S)n1C(C)C. The molecular formula is C12H14N4O3S. The number of H-pyrrole nitrogens is 1. The summed E-state index contributed by atoms with van der Waals surface area (Å²) in [5.41, 5.74) is 0.620. The van der Waals surface area contributed by atoms with Crippen molar-refractivity contribution in [1.29, 1.82) is 0 Å². The van der Waals surface area contributed by atoms with E-state index in [0.717, 1.165) is 0 Å². The molecule has 0 unspecified atom stereocenters. The van der Waals surface area contributed by atoms with Crippen LogP contribution in [0.4, 0.5) is 5.69 Å². The number of non-ortho nitro benzene ring substituents is 1. The highest BCUT2D eigenvalue weighted by Crippen LogP contribution is 2.33. The third-order valence-electron chi connectivity index (χ3n) is 2.86. The quantitative estimate of drug-likeness (QED) is 0.532. The number of aromatic nitrogens is 3. The maximum Gasteiger partial charge on any atom is 0.273 e. The van der Waals surface area contributed by atoms with Crippen LogP contribution in [0, 0.1) is 14.9 Å². The molecule has 0 spiro atoms. The lowest BCUT2D eigenvalue weighted by molar-refractivity contribution is -0.384. The molecular weight excluding hydrogens is 280 g/mol. The Morgan fingerprint density at radius 1 is 1.50 bits per heavy atom. The minimum atomic E-state index is -0.466. The first kappa shape index (κ1) is 14.2. The lowest BCUT2D eigenvalue weighted by Gasteiger charge is -2.12. The lowest BCUT2D eigenvalue weighted by Crippen LogP contribution is -2.04. The number of hydrogen-bond donors (Lipinski definition) is 1. The Morgan fingerprint density at radius 2 is 2.20 bits per heavy atom. The fourth-order valence-corrected chi connectivity index (χ4v) is 2.29. The number of nitro benzene ring substituents is 1. The van der Waals surface area contributed by atoms with Crippen molar-refractivity contribution in [3.05, 3.63) is 33.1 Å². The molecule has 0 saturated carbocycles. The Kier molecular flexibility index (Phi) is 3.84. The summed E-state index contributed by atoms with van der Waals surface area (Å²) in [4.78, 5) is 10.3. The van der Waals surface area contributed by atoms with Crippen LogP contribution in [0.2, 0.25) is 0 Å². The number of benzene rings is 1. The minimum absolute atomic E-state index is 0.0316. The van der Waals surface area contributed by atoms with Crippen LogP contribution in [0.5, 0.6) is 5.75 Å². The van der Waals surface area contributed by atoms with Gasteiger partial charge >= 0.3 is 0 Å². The zero-order chi connectivity index (χ0) is 14.9. The first-order valence-electron chi connectivity index (χ1n) is 5.95. The molecule has 7 nitrogen and oxygen atoms in total. The van der Waals surface area contributed by atoms with E-state index in [1.807, 2.05) is 18.4 Å². The highest BCUT2D eigenvalue weighted by molar-refractivity contribution is 7.71. The molecule has 2 aromatic rings. The Hall–Kier alpha value is -2.22. The maximum absolute atomic E-state index is 10.8. The maximum atomic E-state index is 10.8.